The van der Waals surface area contributed by atoms with E-state index in [4.69, 9.17) is 21.1 Å². The summed E-state index contributed by atoms with van der Waals surface area (Å²) in [6.07, 6.45) is 0.394. The van der Waals surface area contributed by atoms with E-state index in [0.717, 1.165) is 11.3 Å². The topological polar surface area (TPSA) is 104 Å². The molecule has 0 aliphatic heterocycles. The monoisotopic (exact) mass is 351 g/mol. The second-order valence-corrected chi connectivity index (χ2v) is 5.57. The first kappa shape index (κ1) is 17.8. The van der Waals surface area contributed by atoms with Gasteiger partial charge in [0, 0.05) is 23.6 Å². The van der Waals surface area contributed by atoms with Crippen molar-refractivity contribution in [3.8, 4) is 11.3 Å². The van der Waals surface area contributed by atoms with E-state index in [9.17, 15) is 9.59 Å². The molecular formula is C16H18ClN3O4. The molecule has 2 aromatic rings. The largest absolute Gasteiger partial charge is 0.481 e. The molecule has 24 heavy (non-hydrogen) atoms. The molecule has 7 nitrogen and oxygen atoms in total. The lowest BCUT2D eigenvalue weighted by molar-refractivity contribution is -0.137. The van der Waals surface area contributed by atoms with E-state index < -0.39 is 12.0 Å². The predicted octanol–water partition coefficient (Wildman–Crippen LogP) is 2.97. The Kier molecular flexibility index (Phi) is 6.20. The first-order valence-electron chi connectivity index (χ1n) is 7.41. The highest BCUT2D eigenvalue weighted by Gasteiger charge is 2.12. The number of carboxylic acids is 1. The van der Waals surface area contributed by atoms with Gasteiger partial charge in [0.1, 0.15) is 0 Å². The molecule has 1 heterocycles. The molecule has 2 rings (SSSR count). The molecule has 0 aliphatic carbocycles. The molecule has 0 unspecified atom stereocenters. The molecule has 128 valence electrons. The molecule has 0 saturated heterocycles. The number of carboxylic acid groups (broad SMARTS) is 1. The zero-order chi connectivity index (χ0) is 17.5. The van der Waals surface area contributed by atoms with Gasteiger partial charge in [-0.1, -0.05) is 11.6 Å². The number of hydrogen-bond acceptors (Lipinski definition) is 4. The molecule has 0 fully saturated rings. The van der Waals surface area contributed by atoms with Crippen LogP contribution in [0.4, 0.5) is 4.79 Å². The highest BCUT2D eigenvalue weighted by Crippen LogP contribution is 2.25. The molecule has 0 atom stereocenters. The van der Waals surface area contributed by atoms with Crippen LogP contribution in [0.5, 0.6) is 0 Å². The second kappa shape index (κ2) is 8.35. The van der Waals surface area contributed by atoms with Gasteiger partial charge < -0.3 is 20.2 Å². The van der Waals surface area contributed by atoms with Gasteiger partial charge in [0.15, 0.2) is 5.76 Å². The van der Waals surface area contributed by atoms with Crippen LogP contribution >= 0.6 is 11.6 Å². The zero-order valence-corrected chi connectivity index (χ0v) is 13.9. The molecule has 3 N–H and O–H groups in total. The van der Waals surface area contributed by atoms with Crippen molar-refractivity contribution in [3.05, 3.63) is 40.9 Å². The van der Waals surface area contributed by atoms with Gasteiger partial charge in [-0.3, -0.25) is 4.79 Å². The highest BCUT2D eigenvalue weighted by molar-refractivity contribution is 6.30. The minimum absolute atomic E-state index is 0.0175. The maximum absolute atomic E-state index is 11.6. The maximum atomic E-state index is 11.6. The van der Waals surface area contributed by atoms with E-state index in [1.807, 2.05) is 19.1 Å². The van der Waals surface area contributed by atoms with Crippen LogP contribution in [-0.4, -0.2) is 28.6 Å². The molecule has 1 aromatic heterocycles. The second-order valence-electron chi connectivity index (χ2n) is 5.14. The van der Waals surface area contributed by atoms with Crippen molar-refractivity contribution in [1.82, 2.24) is 15.6 Å². The first-order valence-corrected chi connectivity index (χ1v) is 7.79. The average molecular weight is 352 g/mol. The molecule has 8 heteroatoms. The predicted molar refractivity (Wildman–Crippen MR) is 88.8 cm³/mol. The number of rotatable bonds is 7. The van der Waals surface area contributed by atoms with Crippen molar-refractivity contribution in [2.75, 3.05) is 6.54 Å². The van der Waals surface area contributed by atoms with Crippen LogP contribution in [0.3, 0.4) is 0 Å². The van der Waals surface area contributed by atoms with Crippen LogP contribution in [0.1, 0.15) is 24.4 Å². The van der Waals surface area contributed by atoms with Gasteiger partial charge in [0.05, 0.1) is 12.2 Å². The van der Waals surface area contributed by atoms with E-state index in [-0.39, 0.29) is 13.0 Å². The fourth-order valence-corrected chi connectivity index (χ4v) is 2.18. The van der Waals surface area contributed by atoms with E-state index in [1.54, 1.807) is 12.1 Å². The number of hydrogen-bond donors (Lipinski definition) is 3. The summed E-state index contributed by atoms with van der Waals surface area (Å²) >= 11 is 5.86. The molecule has 1 aromatic carbocycles. The van der Waals surface area contributed by atoms with Gasteiger partial charge in [-0.25, -0.2) is 9.78 Å². The van der Waals surface area contributed by atoms with Crippen LogP contribution < -0.4 is 10.6 Å². The number of oxazole rings is 1. The van der Waals surface area contributed by atoms with Crippen LogP contribution in [0, 0.1) is 6.92 Å². The lowest BCUT2D eigenvalue weighted by atomic mass is 10.1. The number of aromatic nitrogens is 1. The minimum Gasteiger partial charge on any atom is -0.481 e. The van der Waals surface area contributed by atoms with E-state index >= 15 is 0 Å². The van der Waals surface area contributed by atoms with E-state index in [1.165, 1.54) is 0 Å². The molecule has 0 saturated carbocycles. The normalized spacial score (nSPS) is 10.4. The van der Waals surface area contributed by atoms with Gasteiger partial charge in [0.25, 0.3) is 0 Å². The van der Waals surface area contributed by atoms with Crippen LogP contribution in [-0.2, 0) is 11.3 Å². The Morgan fingerprint density at radius 2 is 1.96 bits per heavy atom. The Hall–Kier alpha value is -2.54. The fourth-order valence-electron chi connectivity index (χ4n) is 2.06. The number of halogens is 1. The Balaban J connectivity index is 1.85. The van der Waals surface area contributed by atoms with Gasteiger partial charge in [-0.05, 0) is 37.6 Å². The van der Waals surface area contributed by atoms with Crippen molar-refractivity contribution >= 4 is 23.6 Å². The SMILES string of the molecule is Cc1nc(CNC(=O)NCCCC(=O)O)oc1-c1ccc(Cl)cc1. The summed E-state index contributed by atoms with van der Waals surface area (Å²) in [5, 5.41) is 14.3. The zero-order valence-electron chi connectivity index (χ0n) is 13.1. The summed E-state index contributed by atoms with van der Waals surface area (Å²) in [6, 6.07) is 6.80. The summed E-state index contributed by atoms with van der Waals surface area (Å²) < 4.78 is 5.67. The van der Waals surface area contributed by atoms with Gasteiger partial charge in [-0.15, -0.1) is 0 Å². The molecular weight excluding hydrogens is 334 g/mol. The number of carbonyl (C=O) groups is 2. The summed E-state index contributed by atoms with van der Waals surface area (Å²) in [7, 11) is 0. The number of nitrogens with one attached hydrogen (secondary N) is 2. The Morgan fingerprint density at radius 1 is 1.25 bits per heavy atom. The van der Waals surface area contributed by atoms with Crippen molar-refractivity contribution in [2.45, 2.75) is 26.3 Å². The smallest absolute Gasteiger partial charge is 0.315 e. The van der Waals surface area contributed by atoms with E-state index in [2.05, 4.69) is 15.6 Å². The minimum atomic E-state index is -0.887. The van der Waals surface area contributed by atoms with Gasteiger partial charge in [-0.2, -0.15) is 0 Å². The molecule has 0 spiro atoms. The third kappa shape index (κ3) is 5.27. The number of carbonyl (C=O) groups excluding carboxylic acids is 1. The standard InChI is InChI=1S/C16H18ClN3O4/c1-10-15(11-4-6-12(17)7-5-11)24-13(20-10)9-19-16(23)18-8-2-3-14(21)22/h4-7H,2-3,8-9H2,1H3,(H,21,22)(H2,18,19,23). The first-order chi connectivity index (χ1) is 11.5. The van der Waals surface area contributed by atoms with E-state index in [0.29, 0.717) is 29.6 Å². The Labute approximate surface area is 144 Å². The van der Waals surface area contributed by atoms with Gasteiger partial charge >= 0.3 is 12.0 Å². The Bertz CT molecular complexity index is 713. The third-order valence-electron chi connectivity index (χ3n) is 3.20. The third-order valence-corrected chi connectivity index (χ3v) is 3.45. The fraction of sp³-hybridized carbons (Fsp3) is 0.312. The number of nitrogens with zero attached hydrogens (tertiary/aromatic N) is 1. The van der Waals surface area contributed by atoms with Crippen LogP contribution in [0.2, 0.25) is 5.02 Å². The van der Waals surface area contributed by atoms with Crippen molar-refractivity contribution in [2.24, 2.45) is 0 Å². The summed E-state index contributed by atoms with van der Waals surface area (Å²) in [5.74, 6) is 0.130. The number of amides is 2. The molecule has 0 bridgehead atoms. The summed E-state index contributed by atoms with van der Waals surface area (Å²) in [6.45, 7) is 2.25. The lowest BCUT2D eigenvalue weighted by Crippen LogP contribution is -2.35. The van der Waals surface area contributed by atoms with Crippen molar-refractivity contribution in [3.63, 3.8) is 0 Å². The Morgan fingerprint density at radius 3 is 2.62 bits per heavy atom. The summed E-state index contributed by atoms with van der Waals surface area (Å²) in [5.41, 5.74) is 1.57. The molecule has 0 radical (unpaired) electrons. The lowest BCUT2D eigenvalue weighted by Gasteiger charge is -2.04. The summed E-state index contributed by atoms with van der Waals surface area (Å²) in [4.78, 5) is 26.3. The van der Waals surface area contributed by atoms with Gasteiger partial charge in [0.2, 0.25) is 5.89 Å². The number of benzene rings is 1. The van der Waals surface area contributed by atoms with Crippen LogP contribution in [0.25, 0.3) is 11.3 Å². The molecule has 0 aliphatic rings. The number of aliphatic carboxylic acids is 1. The van der Waals surface area contributed by atoms with Crippen molar-refractivity contribution in [1.29, 1.82) is 0 Å². The number of urea groups is 1. The quantitative estimate of drug-likeness (QED) is 0.665. The van der Waals surface area contributed by atoms with Crippen molar-refractivity contribution < 1.29 is 19.1 Å². The average Bonchev–Trinajstić information content (AvgIpc) is 2.91. The maximum Gasteiger partial charge on any atom is 0.315 e. The highest BCUT2D eigenvalue weighted by atomic mass is 35.5. The van der Waals surface area contributed by atoms with Crippen LogP contribution in [0.15, 0.2) is 28.7 Å². The number of aryl methyl sites for hydroxylation is 1. The molecule has 2 amide bonds.